The second-order valence-electron chi connectivity index (χ2n) is 4.78. The fourth-order valence-electron chi connectivity index (χ4n) is 1.79. The number of sulfonamides is 1. The van der Waals surface area contributed by atoms with Gasteiger partial charge in [0.25, 0.3) is 0 Å². The van der Waals surface area contributed by atoms with Crippen molar-refractivity contribution in [3.8, 4) is 17.6 Å². The van der Waals surface area contributed by atoms with E-state index in [1.165, 1.54) is 12.1 Å². The summed E-state index contributed by atoms with van der Waals surface area (Å²) in [5.74, 6) is 4.72. The van der Waals surface area contributed by atoms with Crippen LogP contribution in [0.5, 0.6) is 5.75 Å². The van der Waals surface area contributed by atoms with E-state index >= 15 is 0 Å². The van der Waals surface area contributed by atoms with E-state index in [1.807, 2.05) is 0 Å². The SMILES string of the molecule is O=S(=O)(Cc1ccc(Cl)cc1)NCC#CCOc1ccccc1F. The Labute approximate surface area is 145 Å². The van der Waals surface area contributed by atoms with E-state index < -0.39 is 15.8 Å². The van der Waals surface area contributed by atoms with E-state index in [2.05, 4.69) is 16.6 Å². The molecule has 0 amide bonds. The second-order valence-corrected chi connectivity index (χ2v) is 7.02. The molecule has 0 aromatic heterocycles. The van der Waals surface area contributed by atoms with Crippen molar-refractivity contribution >= 4 is 21.6 Å². The van der Waals surface area contributed by atoms with Gasteiger partial charge in [0.15, 0.2) is 11.6 Å². The van der Waals surface area contributed by atoms with Crippen LogP contribution in [0.15, 0.2) is 48.5 Å². The summed E-state index contributed by atoms with van der Waals surface area (Å²) < 4.78 is 44.6. The van der Waals surface area contributed by atoms with Crippen molar-refractivity contribution in [1.82, 2.24) is 4.72 Å². The minimum absolute atomic E-state index is 0.0279. The molecule has 4 nitrogen and oxygen atoms in total. The predicted molar refractivity (Wildman–Crippen MR) is 91.7 cm³/mol. The molecule has 126 valence electrons. The minimum atomic E-state index is -3.49. The Bertz CT molecular complexity index is 842. The van der Waals surface area contributed by atoms with Gasteiger partial charge < -0.3 is 4.74 Å². The summed E-state index contributed by atoms with van der Waals surface area (Å²) in [6.45, 7) is -0.0730. The molecule has 1 N–H and O–H groups in total. The highest BCUT2D eigenvalue weighted by Gasteiger charge is 2.09. The van der Waals surface area contributed by atoms with Crippen LogP contribution in [-0.4, -0.2) is 21.6 Å². The van der Waals surface area contributed by atoms with Crippen molar-refractivity contribution < 1.29 is 17.5 Å². The molecule has 0 aliphatic heterocycles. The first-order valence-electron chi connectivity index (χ1n) is 7.01. The molecule has 0 spiro atoms. The summed E-state index contributed by atoms with van der Waals surface area (Å²) >= 11 is 5.75. The highest BCUT2D eigenvalue weighted by Crippen LogP contribution is 2.14. The molecule has 0 bridgehead atoms. The lowest BCUT2D eigenvalue weighted by Gasteiger charge is -2.04. The fraction of sp³-hybridized carbons (Fsp3) is 0.176. The Morgan fingerprint density at radius 1 is 1.08 bits per heavy atom. The summed E-state index contributed by atoms with van der Waals surface area (Å²) in [6.07, 6.45) is 0. The lowest BCUT2D eigenvalue weighted by Crippen LogP contribution is -2.25. The lowest BCUT2D eigenvalue weighted by molar-refractivity contribution is 0.348. The average Bonchev–Trinajstić information content (AvgIpc) is 2.54. The molecule has 0 heterocycles. The molecule has 0 saturated heterocycles. The number of hydrogen-bond acceptors (Lipinski definition) is 3. The van der Waals surface area contributed by atoms with Crippen molar-refractivity contribution in [3.05, 3.63) is 64.9 Å². The van der Waals surface area contributed by atoms with Crippen molar-refractivity contribution in [3.63, 3.8) is 0 Å². The maximum absolute atomic E-state index is 13.3. The topological polar surface area (TPSA) is 55.4 Å². The summed E-state index contributed by atoms with van der Waals surface area (Å²) in [5.41, 5.74) is 0.628. The van der Waals surface area contributed by atoms with Gasteiger partial charge in [-0.05, 0) is 29.8 Å². The van der Waals surface area contributed by atoms with E-state index in [0.29, 0.717) is 10.6 Å². The Hall–Kier alpha value is -2.07. The number of benzene rings is 2. The maximum Gasteiger partial charge on any atom is 0.216 e. The highest BCUT2D eigenvalue weighted by atomic mass is 35.5. The van der Waals surface area contributed by atoms with Crippen LogP contribution in [0, 0.1) is 17.7 Å². The first kappa shape index (κ1) is 18.3. The van der Waals surface area contributed by atoms with E-state index in [1.54, 1.807) is 36.4 Å². The van der Waals surface area contributed by atoms with Gasteiger partial charge >= 0.3 is 0 Å². The molecular weight excluding hydrogens is 353 g/mol. The van der Waals surface area contributed by atoms with Crippen LogP contribution >= 0.6 is 11.6 Å². The van der Waals surface area contributed by atoms with Gasteiger partial charge in [-0.2, -0.15) is 0 Å². The first-order chi connectivity index (χ1) is 11.5. The molecular formula is C17H15ClFNO3S. The largest absolute Gasteiger partial charge is 0.478 e. The van der Waals surface area contributed by atoms with Crippen molar-refractivity contribution in [2.24, 2.45) is 0 Å². The van der Waals surface area contributed by atoms with Crippen LogP contribution in [0.2, 0.25) is 5.02 Å². The van der Waals surface area contributed by atoms with Crippen LogP contribution in [-0.2, 0) is 15.8 Å². The van der Waals surface area contributed by atoms with E-state index in [-0.39, 0.29) is 24.7 Å². The monoisotopic (exact) mass is 367 g/mol. The molecule has 0 atom stereocenters. The maximum atomic E-state index is 13.3. The third-order valence-corrected chi connectivity index (χ3v) is 4.46. The Morgan fingerprint density at radius 3 is 2.50 bits per heavy atom. The predicted octanol–water partition coefficient (Wildman–Crippen LogP) is 2.98. The Balaban J connectivity index is 1.77. The number of halogens is 2. The van der Waals surface area contributed by atoms with Crippen molar-refractivity contribution in [2.45, 2.75) is 5.75 Å². The summed E-state index contributed by atoms with van der Waals surface area (Å²) in [7, 11) is -3.49. The van der Waals surface area contributed by atoms with Gasteiger partial charge in [-0.15, -0.1) is 0 Å². The van der Waals surface area contributed by atoms with Crippen molar-refractivity contribution in [2.75, 3.05) is 13.2 Å². The molecule has 0 fully saturated rings. The van der Waals surface area contributed by atoms with E-state index in [4.69, 9.17) is 16.3 Å². The molecule has 0 unspecified atom stereocenters. The molecule has 0 saturated carbocycles. The van der Waals surface area contributed by atoms with Crippen LogP contribution in [0.25, 0.3) is 0 Å². The van der Waals surface area contributed by atoms with Gasteiger partial charge in [-0.3, -0.25) is 0 Å². The lowest BCUT2D eigenvalue weighted by atomic mass is 10.2. The van der Waals surface area contributed by atoms with Gasteiger partial charge in [0, 0.05) is 5.02 Å². The third-order valence-electron chi connectivity index (χ3n) is 2.91. The van der Waals surface area contributed by atoms with Crippen LogP contribution < -0.4 is 9.46 Å². The summed E-state index contributed by atoms with van der Waals surface area (Å²) in [5, 5.41) is 0.546. The van der Waals surface area contributed by atoms with Crippen LogP contribution in [0.1, 0.15) is 5.56 Å². The van der Waals surface area contributed by atoms with Crippen LogP contribution in [0.4, 0.5) is 4.39 Å². The van der Waals surface area contributed by atoms with Gasteiger partial charge in [-0.1, -0.05) is 47.7 Å². The Morgan fingerprint density at radius 2 is 1.79 bits per heavy atom. The van der Waals surface area contributed by atoms with Gasteiger partial charge in [0.2, 0.25) is 10.0 Å². The zero-order valence-corrected chi connectivity index (χ0v) is 14.2. The second kappa shape index (κ2) is 8.69. The highest BCUT2D eigenvalue weighted by molar-refractivity contribution is 7.88. The summed E-state index contributed by atoms with van der Waals surface area (Å²) in [4.78, 5) is 0. The van der Waals surface area contributed by atoms with E-state index in [9.17, 15) is 12.8 Å². The average molecular weight is 368 g/mol. The zero-order valence-electron chi connectivity index (χ0n) is 12.6. The molecule has 2 rings (SSSR count). The number of hydrogen-bond donors (Lipinski definition) is 1. The molecule has 0 aliphatic carbocycles. The standard InChI is InChI=1S/C17H15ClFNO3S/c18-15-9-7-14(8-10-15)13-24(21,22)20-11-3-4-12-23-17-6-2-1-5-16(17)19/h1-2,5-10,20H,11-13H2. The molecule has 7 heteroatoms. The number of para-hydroxylation sites is 1. The van der Waals surface area contributed by atoms with Crippen LogP contribution in [0.3, 0.4) is 0 Å². The van der Waals surface area contributed by atoms with Crippen molar-refractivity contribution in [1.29, 1.82) is 0 Å². The summed E-state index contributed by atoms with van der Waals surface area (Å²) in [6, 6.07) is 12.5. The number of ether oxygens (including phenoxy) is 1. The quantitative estimate of drug-likeness (QED) is 0.798. The molecule has 24 heavy (non-hydrogen) atoms. The fourth-order valence-corrected chi connectivity index (χ4v) is 2.94. The molecule has 0 radical (unpaired) electrons. The van der Waals surface area contributed by atoms with Gasteiger partial charge in [0.05, 0.1) is 12.3 Å². The third kappa shape index (κ3) is 6.20. The van der Waals surface area contributed by atoms with E-state index in [0.717, 1.165) is 0 Å². The molecule has 2 aromatic rings. The minimum Gasteiger partial charge on any atom is -0.478 e. The number of rotatable bonds is 6. The van der Waals surface area contributed by atoms with Gasteiger partial charge in [0.1, 0.15) is 6.61 Å². The Kier molecular flexibility index (Phi) is 6.62. The normalized spacial score (nSPS) is 10.8. The zero-order chi connectivity index (χ0) is 17.4. The van der Waals surface area contributed by atoms with Gasteiger partial charge in [-0.25, -0.2) is 17.5 Å². The molecule has 0 aliphatic rings. The smallest absolute Gasteiger partial charge is 0.216 e. The first-order valence-corrected chi connectivity index (χ1v) is 9.04. The molecule has 2 aromatic carbocycles. The number of nitrogens with one attached hydrogen (secondary N) is 1.